The van der Waals surface area contributed by atoms with E-state index in [1.807, 2.05) is 30.3 Å². The Hall–Kier alpha value is -2.16. The molecule has 0 radical (unpaired) electrons. The largest absolute Gasteiger partial charge is 0.388 e. The summed E-state index contributed by atoms with van der Waals surface area (Å²) in [5.74, 6) is -0.370. The zero-order valence-corrected chi connectivity index (χ0v) is 13.0. The van der Waals surface area contributed by atoms with Gasteiger partial charge in [0.05, 0.1) is 12.6 Å². The molecule has 1 amide bonds. The van der Waals surface area contributed by atoms with Gasteiger partial charge >= 0.3 is 0 Å². The summed E-state index contributed by atoms with van der Waals surface area (Å²) >= 11 is 0. The molecule has 0 bridgehead atoms. The van der Waals surface area contributed by atoms with Gasteiger partial charge in [0.15, 0.2) is 12.5 Å². The molecule has 2 fully saturated rings. The van der Waals surface area contributed by atoms with Crippen molar-refractivity contribution in [2.45, 2.75) is 43.8 Å². The Morgan fingerprint density at radius 1 is 1.38 bits per heavy atom. The average molecular weight is 334 g/mol. The van der Waals surface area contributed by atoms with Gasteiger partial charge in [-0.15, -0.1) is 0 Å². The summed E-state index contributed by atoms with van der Waals surface area (Å²) in [5, 5.41) is 16.7. The SMILES string of the molecule is CC(=O)N[C@H]1[C@H](O)[C@H]2O[C@@H](c3ccccc3)OC[C@H]2O[C@@H]1N=[N+]=[N-]. The smallest absolute Gasteiger partial charge is 0.217 e. The van der Waals surface area contributed by atoms with E-state index < -0.39 is 36.9 Å². The number of nitrogens with zero attached hydrogens (tertiary/aromatic N) is 3. The maximum atomic E-state index is 11.4. The Labute approximate surface area is 138 Å². The first-order chi connectivity index (χ1) is 11.6. The first-order valence-corrected chi connectivity index (χ1v) is 7.57. The van der Waals surface area contributed by atoms with Gasteiger partial charge in [-0.3, -0.25) is 4.79 Å². The van der Waals surface area contributed by atoms with Crippen LogP contribution in [0.2, 0.25) is 0 Å². The van der Waals surface area contributed by atoms with Gasteiger partial charge in [0, 0.05) is 17.4 Å². The molecule has 1 aromatic carbocycles. The van der Waals surface area contributed by atoms with Gasteiger partial charge < -0.3 is 24.6 Å². The van der Waals surface area contributed by atoms with Gasteiger partial charge in [0.2, 0.25) is 5.91 Å². The maximum absolute atomic E-state index is 11.4. The molecule has 24 heavy (non-hydrogen) atoms. The second kappa shape index (κ2) is 7.16. The minimum absolute atomic E-state index is 0.172. The fourth-order valence-corrected chi connectivity index (χ4v) is 2.93. The highest BCUT2D eigenvalue weighted by Crippen LogP contribution is 2.34. The fourth-order valence-electron chi connectivity index (χ4n) is 2.93. The van der Waals surface area contributed by atoms with Crippen molar-refractivity contribution in [1.82, 2.24) is 5.32 Å². The van der Waals surface area contributed by atoms with Crippen LogP contribution in [-0.4, -0.2) is 48.2 Å². The minimum atomic E-state index is -1.10. The van der Waals surface area contributed by atoms with E-state index in [1.54, 1.807) is 0 Å². The molecule has 0 saturated carbocycles. The van der Waals surface area contributed by atoms with Crippen molar-refractivity contribution in [3.8, 4) is 0 Å². The number of hydrogen-bond acceptors (Lipinski definition) is 6. The van der Waals surface area contributed by atoms with Crippen molar-refractivity contribution >= 4 is 5.91 Å². The van der Waals surface area contributed by atoms with E-state index in [2.05, 4.69) is 15.3 Å². The number of amides is 1. The minimum Gasteiger partial charge on any atom is -0.388 e. The molecule has 9 nitrogen and oxygen atoms in total. The van der Waals surface area contributed by atoms with E-state index in [4.69, 9.17) is 19.7 Å². The molecule has 2 N–H and O–H groups in total. The molecular weight excluding hydrogens is 316 g/mol. The van der Waals surface area contributed by atoms with Crippen LogP contribution >= 0.6 is 0 Å². The van der Waals surface area contributed by atoms with Gasteiger partial charge in [0.25, 0.3) is 0 Å². The van der Waals surface area contributed by atoms with Crippen molar-refractivity contribution in [2.75, 3.05) is 6.61 Å². The number of benzene rings is 1. The fraction of sp³-hybridized carbons (Fsp3) is 0.533. The van der Waals surface area contributed by atoms with E-state index >= 15 is 0 Å². The Morgan fingerprint density at radius 3 is 2.79 bits per heavy atom. The van der Waals surface area contributed by atoms with Gasteiger partial charge in [-0.05, 0) is 5.53 Å². The summed E-state index contributed by atoms with van der Waals surface area (Å²) in [6.45, 7) is 1.48. The molecule has 2 heterocycles. The number of carbonyl (C=O) groups is 1. The van der Waals surface area contributed by atoms with Crippen molar-refractivity contribution in [3.63, 3.8) is 0 Å². The zero-order valence-electron chi connectivity index (χ0n) is 13.0. The number of hydrogen-bond donors (Lipinski definition) is 2. The molecule has 9 heteroatoms. The van der Waals surface area contributed by atoms with Crippen LogP contribution < -0.4 is 5.32 Å². The second-order valence-electron chi connectivity index (χ2n) is 5.66. The number of ether oxygens (including phenoxy) is 3. The third kappa shape index (κ3) is 3.35. The molecule has 2 aliphatic rings. The first-order valence-electron chi connectivity index (χ1n) is 7.57. The van der Waals surface area contributed by atoms with E-state index in [-0.39, 0.29) is 12.5 Å². The lowest BCUT2D eigenvalue weighted by atomic mass is 9.95. The van der Waals surface area contributed by atoms with E-state index in [9.17, 15) is 9.90 Å². The van der Waals surface area contributed by atoms with Crippen LogP contribution in [0.3, 0.4) is 0 Å². The lowest BCUT2D eigenvalue weighted by molar-refractivity contribution is -0.314. The predicted molar refractivity (Wildman–Crippen MR) is 81.4 cm³/mol. The molecule has 3 rings (SSSR count). The molecule has 0 spiro atoms. The zero-order chi connectivity index (χ0) is 17.1. The summed E-state index contributed by atoms with van der Waals surface area (Å²) < 4.78 is 17.1. The van der Waals surface area contributed by atoms with Crippen molar-refractivity contribution in [2.24, 2.45) is 5.11 Å². The van der Waals surface area contributed by atoms with Crippen LogP contribution in [0.15, 0.2) is 35.4 Å². The summed E-state index contributed by atoms with van der Waals surface area (Å²) in [5.41, 5.74) is 9.48. The highest BCUT2D eigenvalue weighted by Gasteiger charge is 2.49. The lowest BCUT2D eigenvalue weighted by Gasteiger charge is -2.47. The Kier molecular flexibility index (Phi) is 4.98. The van der Waals surface area contributed by atoms with Crippen LogP contribution in [0.25, 0.3) is 10.4 Å². The molecule has 0 aliphatic carbocycles. The Balaban J connectivity index is 1.79. The summed E-state index contributed by atoms with van der Waals surface area (Å²) in [7, 11) is 0. The number of azide groups is 1. The molecule has 0 unspecified atom stereocenters. The lowest BCUT2D eigenvalue weighted by Crippen LogP contribution is -2.65. The number of nitrogens with one attached hydrogen (secondary N) is 1. The van der Waals surface area contributed by atoms with Crippen LogP contribution in [0.4, 0.5) is 0 Å². The maximum Gasteiger partial charge on any atom is 0.217 e. The first kappa shape index (κ1) is 16.7. The summed E-state index contributed by atoms with van der Waals surface area (Å²) in [6.07, 6.45) is -4.08. The van der Waals surface area contributed by atoms with Gasteiger partial charge in [-0.25, -0.2) is 0 Å². The normalized spacial score (nSPS) is 35.4. The number of rotatable bonds is 3. The van der Waals surface area contributed by atoms with E-state index in [0.717, 1.165) is 5.56 Å². The van der Waals surface area contributed by atoms with Gasteiger partial charge in [0.1, 0.15) is 18.3 Å². The van der Waals surface area contributed by atoms with Crippen LogP contribution in [-0.2, 0) is 19.0 Å². The summed E-state index contributed by atoms with van der Waals surface area (Å²) in [4.78, 5) is 14.1. The molecule has 2 aliphatic heterocycles. The van der Waals surface area contributed by atoms with Crippen LogP contribution in [0, 0.1) is 0 Å². The quantitative estimate of drug-likeness (QED) is 0.484. The Morgan fingerprint density at radius 2 is 2.12 bits per heavy atom. The third-order valence-corrected chi connectivity index (χ3v) is 3.99. The van der Waals surface area contributed by atoms with Crippen LogP contribution in [0.5, 0.6) is 0 Å². The monoisotopic (exact) mass is 334 g/mol. The topological polar surface area (TPSA) is 126 Å². The molecular formula is C15H18N4O5. The predicted octanol–water partition coefficient (Wildman–Crippen LogP) is 1.00. The van der Waals surface area contributed by atoms with E-state index in [1.165, 1.54) is 6.92 Å². The number of aliphatic hydroxyl groups is 1. The van der Waals surface area contributed by atoms with Crippen molar-refractivity contribution in [3.05, 3.63) is 46.3 Å². The van der Waals surface area contributed by atoms with Gasteiger partial charge in [-0.1, -0.05) is 35.4 Å². The number of aliphatic hydroxyl groups excluding tert-OH is 1. The van der Waals surface area contributed by atoms with Crippen molar-refractivity contribution < 1.29 is 24.1 Å². The molecule has 6 atom stereocenters. The molecule has 1 aromatic rings. The van der Waals surface area contributed by atoms with Gasteiger partial charge in [-0.2, -0.15) is 0 Å². The molecule has 0 aromatic heterocycles. The average Bonchev–Trinajstić information content (AvgIpc) is 2.59. The highest BCUT2D eigenvalue weighted by atomic mass is 16.7. The van der Waals surface area contributed by atoms with Crippen LogP contribution in [0.1, 0.15) is 18.8 Å². The van der Waals surface area contributed by atoms with E-state index in [0.29, 0.717) is 0 Å². The highest BCUT2D eigenvalue weighted by molar-refractivity contribution is 5.73. The Bertz CT molecular complexity index is 636. The molecule has 128 valence electrons. The number of carbonyl (C=O) groups excluding carboxylic acids is 1. The standard InChI is InChI=1S/C15H18N4O5/c1-8(20)17-11-12(21)13-10(23-14(11)18-19-16)7-22-15(24-13)9-5-3-2-4-6-9/h2-6,10-15,21H,7H2,1H3,(H,17,20)/t10-,11+,12+,13+,14+,15+/m1/s1. The third-order valence-electron chi connectivity index (χ3n) is 3.99. The summed E-state index contributed by atoms with van der Waals surface area (Å²) in [6, 6.07) is 8.42. The second-order valence-corrected chi connectivity index (χ2v) is 5.66. The number of fused-ring (bicyclic) bond motifs is 1. The van der Waals surface area contributed by atoms with Crippen molar-refractivity contribution in [1.29, 1.82) is 0 Å². The molecule has 2 saturated heterocycles.